The molecule has 0 unspecified atom stereocenters. The van der Waals surface area contributed by atoms with Gasteiger partial charge in [0.15, 0.2) is 11.7 Å². The van der Waals surface area contributed by atoms with E-state index in [0.29, 0.717) is 6.42 Å². The van der Waals surface area contributed by atoms with E-state index < -0.39 is 5.60 Å². The Bertz CT molecular complexity index is 634. The standard InChI is InChI=1S/C15H16O5/c1-7-6-17-8-5-14(2)9(19-14)3-4-15-12(20-15)11(10(7)8)18-13(15)16/h6,9,11-12H,3-5H2,1-2H3/t9-,11-,12-,14-,15-/m1/s1. The maximum absolute atomic E-state index is 12.2. The number of hydrogen-bond acceptors (Lipinski definition) is 5. The van der Waals surface area contributed by atoms with Crippen LogP contribution in [0.2, 0.25) is 0 Å². The summed E-state index contributed by atoms with van der Waals surface area (Å²) in [5.41, 5.74) is 1.13. The number of ether oxygens (including phenoxy) is 3. The van der Waals surface area contributed by atoms with Crippen molar-refractivity contribution in [1.29, 1.82) is 0 Å². The van der Waals surface area contributed by atoms with E-state index in [0.717, 1.165) is 29.7 Å². The van der Waals surface area contributed by atoms with Crippen molar-refractivity contribution in [3.8, 4) is 0 Å². The fourth-order valence-corrected chi connectivity index (χ4v) is 3.95. The van der Waals surface area contributed by atoms with Crippen molar-refractivity contribution in [2.24, 2.45) is 0 Å². The van der Waals surface area contributed by atoms with Gasteiger partial charge in [-0.05, 0) is 32.3 Å². The van der Waals surface area contributed by atoms with Gasteiger partial charge in [0.1, 0.15) is 11.9 Å². The third-order valence-corrected chi connectivity index (χ3v) is 5.31. The van der Waals surface area contributed by atoms with Crippen LogP contribution in [0.1, 0.15) is 42.8 Å². The van der Waals surface area contributed by atoms with Crippen molar-refractivity contribution in [2.45, 2.75) is 62.6 Å². The summed E-state index contributed by atoms with van der Waals surface area (Å²) in [7, 11) is 0. The molecule has 0 saturated carbocycles. The molecular formula is C15H16O5. The fourth-order valence-electron chi connectivity index (χ4n) is 3.95. The summed E-state index contributed by atoms with van der Waals surface area (Å²) in [5, 5.41) is 0. The third kappa shape index (κ3) is 1.19. The summed E-state index contributed by atoms with van der Waals surface area (Å²) in [5.74, 6) is 0.654. The van der Waals surface area contributed by atoms with E-state index in [4.69, 9.17) is 18.6 Å². The van der Waals surface area contributed by atoms with Gasteiger partial charge < -0.3 is 18.6 Å². The van der Waals surface area contributed by atoms with Gasteiger partial charge >= 0.3 is 5.97 Å². The summed E-state index contributed by atoms with van der Waals surface area (Å²) in [6.45, 7) is 4.09. The van der Waals surface area contributed by atoms with Gasteiger partial charge in [-0.2, -0.15) is 0 Å². The Hall–Kier alpha value is -1.33. The van der Waals surface area contributed by atoms with Gasteiger partial charge in [-0.25, -0.2) is 4.79 Å². The third-order valence-electron chi connectivity index (χ3n) is 5.31. The molecule has 3 saturated heterocycles. The van der Waals surface area contributed by atoms with Gasteiger partial charge in [0.25, 0.3) is 0 Å². The molecule has 0 aromatic carbocycles. The van der Waals surface area contributed by atoms with E-state index in [1.807, 2.05) is 6.92 Å². The second kappa shape index (κ2) is 3.12. The quantitative estimate of drug-likeness (QED) is 0.534. The molecule has 5 nitrogen and oxygen atoms in total. The van der Waals surface area contributed by atoms with Gasteiger partial charge in [0.2, 0.25) is 0 Å². The molecule has 3 aliphatic heterocycles. The minimum atomic E-state index is -0.712. The van der Waals surface area contributed by atoms with Crippen LogP contribution in [0.15, 0.2) is 10.7 Å². The molecule has 4 aliphatic rings. The number of rotatable bonds is 0. The Balaban J connectivity index is 1.65. The van der Waals surface area contributed by atoms with Crippen LogP contribution in [0.25, 0.3) is 0 Å². The lowest BCUT2D eigenvalue weighted by Crippen LogP contribution is -2.24. The molecule has 5 rings (SSSR count). The van der Waals surface area contributed by atoms with Gasteiger partial charge in [-0.15, -0.1) is 0 Å². The first kappa shape index (κ1) is 11.3. The Morgan fingerprint density at radius 3 is 3.00 bits per heavy atom. The monoisotopic (exact) mass is 276 g/mol. The number of carbonyl (C=O) groups is 1. The molecule has 106 valence electrons. The molecule has 4 heterocycles. The zero-order valence-corrected chi connectivity index (χ0v) is 11.5. The lowest BCUT2D eigenvalue weighted by Gasteiger charge is -2.14. The van der Waals surface area contributed by atoms with Crippen LogP contribution in [0.3, 0.4) is 0 Å². The zero-order valence-electron chi connectivity index (χ0n) is 11.5. The van der Waals surface area contributed by atoms with Crippen molar-refractivity contribution in [2.75, 3.05) is 0 Å². The molecular weight excluding hydrogens is 260 g/mol. The number of fused-ring (bicyclic) bond motifs is 3. The fraction of sp³-hybridized carbons (Fsp3) is 0.667. The Kier molecular flexibility index (Phi) is 1.77. The minimum Gasteiger partial charge on any atom is -0.469 e. The van der Waals surface area contributed by atoms with E-state index >= 15 is 0 Å². The predicted octanol–water partition coefficient (Wildman–Crippen LogP) is 1.82. The van der Waals surface area contributed by atoms with Crippen LogP contribution in [-0.4, -0.2) is 29.4 Å². The molecule has 3 fully saturated rings. The second-order valence-corrected chi connectivity index (χ2v) is 6.64. The number of furan rings is 1. The first-order chi connectivity index (χ1) is 9.53. The summed E-state index contributed by atoms with van der Waals surface area (Å²) < 4.78 is 22.9. The van der Waals surface area contributed by atoms with Gasteiger partial charge in [0.05, 0.1) is 18.0 Å². The summed E-state index contributed by atoms with van der Waals surface area (Å²) in [6.07, 6.45) is 3.73. The highest BCUT2D eigenvalue weighted by Crippen LogP contribution is 2.59. The van der Waals surface area contributed by atoms with Gasteiger partial charge in [0, 0.05) is 12.0 Å². The highest BCUT2D eigenvalue weighted by molar-refractivity contribution is 5.87. The van der Waals surface area contributed by atoms with E-state index in [-0.39, 0.29) is 29.9 Å². The number of epoxide rings is 2. The van der Waals surface area contributed by atoms with Crippen LogP contribution < -0.4 is 0 Å². The van der Waals surface area contributed by atoms with Crippen LogP contribution in [0.5, 0.6) is 0 Å². The summed E-state index contributed by atoms with van der Waals surface area (Å²) in [6, 6.07) is 0. The van der Waals surface area contributed by atoms with E-state index in [9.17, 15) is 4.79 Å². The molecule has 0 amide bonds. The molecule has 2 bridgehead atoms. The van der Waals surface area contributed by atoms with Gasteiger partial charge in [-0.1, -0.05) is 0 Å². The van der Waals surface area contributed by atoms with E-state index in [1.54, 1.807) is 6.26 Å². The SMILES string of the molecule is Cc1coc2c1[C@H]1OC(=O)[C@]3(CC[C@H]4O[C@]4(C)C2)O[C@H]13. The minimum absolute atomic E-state index is 0.145. The lowest BCUT2D eigenvalue weighted by molar-refractivity contribution is -0.154. The number of esters is 1. The second-order valence-electron chi connectivity index (χ2n) is 6.64. The van der Waals surface area contributed by atoms with Crippen molar-refractivity contribution >= 4 is 5.97 Å². The molecule has 1 aliphatic carbocycles. The average molecular weight is 276 g/mol. The van der Waals surface area contributed by atoms with Crippen molar-refractivity contribution in [3.05, 3.63) is 23.2 Å². The molecule has 1 aromatic heterocycles. The number of aryl methyl sites for hydroxylation is 1. The smallest absolute Gasteiger partial charge is 0.342 e. The lowest BCUT2D eigenvalue weighted by atomic mass is 9.88. The van der Waals surface area contributed by atoms with Crippen molar-refractivity contribution in [3.63, 3.8) is 0 Å². The van der Waals surface area contributed by atoms with Crippen LogP contribution in [0.4, 0.5) is 0 Å². The largest absolute Gasteiger partial charge is 0.469 e. The maximum Gasteiger partial charge on any atom is 0.342 e. The molecule has 0 spiro atoms. The topological polar surface area (TPSA) is 64.5 Å². The number of carbonyl (C=O) groups excluding carboxylic acids is 1. The maximum atomic E-state index is 12.2. The number of hydrogen-bond donors (Lipinski definition) is 0. The Labute approximate surface area is 116 Å². The molecule has 0 radical (unpaired) electrons. The Morgan fingerprint density at radius 2 is 2.20 bits per heavy atom. The van der Waals surface area contributed by atoms with Crippen LogP contribution >= 0.6 is 0 Å². The van der Waals surface area contributed by atoms with Gasteiger partial charge in [-0.3, -0.25) is 0 Å². The first-order valence-electron chi connectivity index (χ1n) is 7.17. The van der Waals surface area contributed by atoms with Crippen molar-refractivity contribution in [1.82, 2.24) is 0 Å². The molecule has 1 aromatic rings. The van der Waals surface area contributed by atoms with E-state index in [1.165, 1.54) is 0 Å². The zero-order chi connectivity index (χ0) is 13.7. The average Bonchev–Trinajstić information content (AvgIpc) is 3.21. The molecule has 5 atom stereocenters. The first-order valence-corrected chi connectivity index (χ1v) is 7.17. The van der Waals surface area contributed by atoms with E-state index in [2.05, 4.69) is 6.92 Å². The van der Waals surface area contributed by atoms with Crippen LogP contribution in [0, 0.1) is 6.92 Å². The molecule has 0 N–H and O–H groups in total. The predicted molar refractivity (Wildman–Crippen MR) is 66.1 cm³/mol. The summed E-state index contributed by atoms with van der Waals surface area (Å²) >= 11 is 0. The normalized spacial score (nSPS) is 47.9. The summed E-state index contributed by atoms with van der Waals surface area (Å²) in [4.78, 5) is 12.2. The highest BCUT2D eigenvalue weighted by atomic mass is 16.7. The van der Waals surface area contributed by atoms with Crippen molar-refractivity contribution < 1.29 is 23.4 Å². The highest BCUT2D eigenvalue weighted by Gasteiger charge is 2.74. The molecule has 5 heteroatoms. The Morgan fingerprint density at radius 1 is 1.35 bits per heavy atom. The van der Waals surface area contributed by atoms with Crippen LogP contribution in [-0.2, 0) is 25.4 Å². The molecule has 20 heavy (non-hydrogen) atoms.